The monoisotopic (exact) mass is 489 g/mol. The van der Waals surface area contributed by atoms with E-state index in [9.17, 15) is 0 Å². The van der Waals surface area contributed by atoms with Gasteiger partial charge in [-0.3, -0.25) is 0 Å². The number of nitrogens with zero attached hydrogens (tertiary/aromatic N) is 2. The summed E-state index contributed by atoms with van der Waals surface area (Å²) in [4.78, 5) is 13.3. The molecule has 2 atom stereocenters. The van der Waals surface area contributed by atoms with Crippen LogP contribution in [0.2, 0.25) is 0 Å². The Labute approximate surface area is 216 Å². The van der Waals surface area contributed by atoms with Crippen molar-refractivity contribution in [1.29, 1.82) is 0 Å². The Hall–Kier alpha value is -4.12. The van der Waals surface area contributed by atoms with Crippen molar-refractivity contribution >= 4 is 34.7 Å². The maximum atomic E-state index is 5.97. The van der Waals surface area contributed by atoms with Crippen molar-refractivity contribution in [1.82, 2.24) is 4.98 Å². The molecule has 0 aliphatic carbocycles. The lowest BCUT2D eigenvalue weighted by Crippen LogP contribution is -2.14. The van der Waals surface area contributed by atoms with Crippen LogP contribution in [0.25, 0.3) is 22.9 Å². The van der Waals surface area contributed by atoms with Gasteiger partial charge in [-0.2, -0.15) is 0 Å². The van der Waals surface area contributed by atoms with Crippen molar-refractivity contribution in [2.75, 3.05) is 13.2 Å². The number of aromatic amines is 1. The van der Waals surface area contributed by atoms with Gasteiger partial charge in [0.1, 0.15) is 13.2 Å². The number of hydrogen-bond donors (Lipinski definition) is 1. The van der Waals surface area contributed by atoms with E-state index in [-0.39, 0.29) is 12.1 Å². The van der Waals surface area contributed by atoms with E-state index in [0.717, 1.165) is 34.3 Å². The van der Waals surface area contributed by atoms with Crippen LogP contribution in [0.1, 0.15) is 22.3 Å². The molecule has 0 bridgehead atoms. The van der Waals surface area contributed by atoms with Crippen LogP contribution in [0.15, 0.2) is 82.8 Å². The molecule has 0 saturated heterocycles. The van der Waals surface area contributed by atoms with Gasteiger partial charge in [-0.25, -0.2) is 9.98 Å². The maximum Gasteiger partial charge on any atom is 0.211 e. The molecule has 1 aromatic heterocycles. The molecule has 3 aromatic carbocycles. The third-order valence-electron chi connectivity index (χ3n) is 7.11. The average molecular weight is 490 g/mol. The first-order valence-electron chi connectivity index (χ1n) is 12.9. The van der Waals surface area contributed by atoms with E-state index in [1.165, 1.54) is 22.3 Å². The molecule has 2 aliphatic rings. The highest BCUT2D eigenvalue weighted by Gasteiger charge is 2.20. The number of nitrogens with one attached hydrogen (secondary N) is 1. The summed E-state index contributed by atoms with van der Waals surface area (Å²) in [6.07, 6.45) is 5.80. The fourth-order valence-corrected chi connectivity index (χ4v) is 5.03. The van der Waals surface area contributed by atoms with Gasteiger partial charge in [-0.05, 0) is 61.1 Å². The summed E-state index contributed by atoms with van der Waals surface area (Å²) in [5.74, 6) is 1.34. The number of hydrogen-bond acceptors (Lipinski definition) is 4. The minimum absolute atomic E-state index is 0.132. The molecule has 0 unspecified atom stereocenters. The number of aliphatic imine (C=N–C) groups is 2. The van der Waals surface area contributed by atoms with E-state index in [1.54, 1.807) is 0 Å². The zero-order valence-corrected chi connectivity index (χ0v) is 21.3. The molecule has 5 heteroatoms. The van der Waals surface area contributed by atoms with Gasteiger partial charge in [0.2, 0.25) is 11.8 Å². The quantitative estimate of drug-likeness (QED) is 0.436. The number of H-pyrrole nitrogens is 1. The standard InChI is InChI=1S/C32H31N3O2/c1-21-13-27-28(14-22(21)2)30(18-32-34-26(20-37-32)16-24-11-7-4-8-12-24)35-29(27)17-31-33-25(19-36-31)15-23-9-5-3-6-10-23/h3-14,17-18,25-26,35H,15-16,19-20H2,1-2H3/b29-17-,30-18-/t25-,26-/m0/s1. The molecule has 2 aliphatic heterocycles. The minimum Gasteiger partial charge on any atom is -0.476 e. The molecule has 37 heavy (non-hydrogen) atoms. The first-order valence-corrected chi connectivity index (χ1v) is 12.9. The van der Waals surface area contributed by atoms with Gasteiger partial charge >= 0.3 is 0 Å². The van der Waals surface area contributed by atoms with Crippen LogP contribution >= 0.6 is 0 Å². The summed E-state index contributed by atoms with van der Waals surface area (Å²) in [5.41, 5.74) is 5.05. The highest BCUT2D eigenvalue weighted by molar-refractivity contribution is 6.09. The lowest BCUT2D eigenvalue weighted by Gasteiger charge is -2.03. The van der Waals surface area contributed by atoms with Gasteiger partial charge in [-0.15, -0.1) is 0 Å². The highest BCUT2D eigenvalue weighted by atomic mass is 16.5. The Morgan fingerprint density at radius 1 is 0.703 bits per heavy atom. The number of ether oxygens (including phenoxy) is 2. The number of rotatable bonds is 6. The predicted octanol–water partition coefficient (Wildman–Crippen LogP) is 4.43. The molecule has 0 saturated carbocycles. The molecular formula is C32H31N3O2. The molecule has 6 rings (SSSR count). The molecule has 0 spiro atoms. The van der Waals surface area contributed by atoms with Crippen LogP contribution in [0.5, 0.6) is 0 Å². The molecule has 0 amide bonds. The number of aryl methyl sites for hydroxylation is 2. The maximum absolute atomic E-state index is 5.97. The summed E-state index contributed by atoms with van der Waals surface area (Å²) >= 11 is 0. The van der Waals surface area contributed by atoms with Crippen molar-refractivity contribution < 1.29 is 9.47 Å². The summed E-state index contributed by atoms with van der Waals surface area (Å²) in [5, 5.41) is 4.27. The first-order chi connectivity index (χ1) is 18.1. The fourth-order valence-electron chi connectivity index (χ4n) is 5.03. The van der Waals surface area contributed by atoms with Crippen LogP contribution in [0.3, 0.4) is 0 Å². The van der Waals surface area contributed by atoms with E-state index in [1.807, 2.05) is 24.3 Å². The summed E-state index contributed by atoms with van der Waals surface area (Å²) < 4.78 is 11.9. The van der Waals surface area contributed by atoms with E-state index >= 15 is 0 Å². The Morgan fingerprint density at radius 2 is 1.14 bits per heavy atom. The zero-order chi connectivity index (χ0) is 25.2. The lowest BCUT2D eigenvalue weighted by molar-refractivity contribution is 0.320. The molecule has 0 fully saturated rings. The van der Waals surface area contributed by atoms with Crippen molar-refractivity contribution in [3.63, 3.8) is 0 Å². The van der Waals surface area contributed by atoms with Crippen molar-refractivity contribution in [3.05, 3.63) is 106 Å². The Balaban J connectivity index is 1.32. The van der Waals surface area contributed by atoms with Crippen molar-refractivity contribution in [3.8, 4) is 0 Å². The van der Waals surface area contributed by atoms with Crippen LogP contribution in [0.4, 0.5) is 0 Å². The largest absolute Gasteiger partial charge is 0.476 e. The normalized spacial score (nSPS) is 20.2. The Morgan fingerprint density at radius 3 is 1.57 bits per heavy atom. The predicted molar refractivity (Wildman–Crippen MR) is 151 cm³/mol. The molecule has 3 heterocycles. The SMILES string of the molecule is Cc1cc2/c(=C/C3=N[C@@H](Cc4ccccc4)CO3)[nH]/c(=C\C3=N[C@@H](Cc4ccccc4)CO3)c2cc1C. The van der Waals surface area contributed by atoms with E-state index < -0.39 is 0 Å². The third-order valence-corrected chi connectivity index (χ3v) is 7.11. The van der Waals surface area contributed by atoms with Gasteiger partial charge in [0.15, 0.2) is 0 Å². The molecular weight excluding hydrogens is 458 g/mol. The second-order valence-corrected chi connectivity index (χ2v) is 9.97. The summed E-state index contributed by atoms with van der Waals surface area (Å²) in [6.45, 7) is 5.49. The minimum atomic E-state index is 0.132. The number of aromatic nitrogens is 1. The molecule has 186 valence electrons. The second kappa shape index (κ2) is 10.1. The first kappa shape index (κ1) is 23.3. The van der Waals surface area contributed by atoms with Crippen LogP contribution in [0, 0.1) is 13.8 Å². The third kappa shape index (κ3) is 5.21. The van der Waals surface area contributed by atoms with Gasteiger partial charge in [-0.1, -0.05) is 60.7 Å². The van der Waals surface area contributed by atoms with Gasteiger partial charge in [0.05, 0.1) is 22.8 Å². The van der Waals surface area contributed by atoms with Crippen molar-refractivity contribution in [2.45, 2.75) is 38.8 Å². The summed E-state index contributed by atoms with van der Waals surface area (Å²) in [6, 6.07) is 25.6. The van der Waals surface area contributed by atoms with Crippen LogP contribution in [-0.2, 0) is 22.3 Å². The summed E-state index contributed by atoms with van der Waals surface area (Å²) in [7, 11) is 0. The Kier molecular flexibility index (Phi) is 6.35. The van der Waals surface area contributed by atoms with Gasteiger partial charge < -0.3 is 14.5 Å². The van der Waals surface area contributed by atoms with E-state index in [4.69, 9.17) is 19.5 Å². The van der Waals surface area contributed by atoms with Gasteiger partial charge in [0.25, 0.3) is 0 Å². The smallest absolute Gasteiger partial charge is 0.211 e. The molecule has 1 N–H and O–H groups in total. The zero-order valence-electron chi connectivity index (χ0n) is 21.3. The molecule has 0 radical (unpaired) electrons. The van der Waals surface area contributed by atoms with Crippen LogP contribution < -0.4 is 10.7 Å². The molecule has 5 nitrogen and oxygen atoms in total. The van der Waals surface area contributed by atoms with E-state index in [0.29, 0.717) is 25.0 Å². The fraction of sp³-hybridized carbons (Fsp3) is 0.250. The Bertz CT molecular complexity index is 1480. The van der Waals surface area contributed by atoms with E-state index in [2.05, 4.69) is 79.5 Å². The number of benzene rings is 3. The lowest BCUT2D eigenvalue weighted by atomic mass is 10.0. The van der Waals surface area contributed by atoms with Gasteiger partial charge in [0, 0.05) is 22.9 Å². The highest BCUT2D eigenvalue weighted by Crippen LogP contribution is 2.17. The average Bonchev–Trinajstić information content (AvgIpc) is 3.62. The second-order valence-electron chi connectivity index (χ2n) is 9.97. The number of fused-ring (bicyclic) bond motifs is 1. The molecule has 4 aromatic rings. The van der Waals surface area contributed by atoms with Crippen molar-refractivity contribution in [2.24, 2.45) is 9.98 Å². The topological polar surface area (TPSA) is 59.0 Å². The van der Waals surface area contributed by atoms with Crippen LogP contribution in [-0.4, -0.2) is 42.1 Å².